The summed E-state index contributed by atoms with van der Waals surface area (Å²) in [5.74, 6) is -0.913. The molecule has 1 unspecified atom stereocenters. The highest BCUT2D eigenvalue weighted by Gasteiger charge is 2.34. The zero-order chi connectivity index (χ0) is 24.8. The van der Waals surface area contributed by atoms with Gasteiger partial charge >= 0.3 is 6.09 Å². The van der Waals surface area contributed by atoms with Crippen LogP contribution in [0.1, 0.15) is 65.0 Å². The number of aryl methyl sites for hydroxylation is 1. The number of nitrogens with zero attached hydrogens (tertiary/aromatic N) is 4. The Kier molecular flexibility index (Phi) is 6.31. The molecule has 2 aromatic rings. The largest absolute Gasteiger partial charge is 0.444 e. The van der Waals surface area contributed by atoms with E-state index in [-0.39, 0.29) is 30.0 Å². The fraction of sp³-hybridized carbons (Fsp3) is 0.600. The number of hydrogen-bond acceptors (Lipinski definition) is 6. The number of carbonyl (C=O) groups excluding carboxylic acids is 3. The Balaban J connectivity index is 1.50. The third-order valence-corrected chi connectivity index (χ3v) is 6.86. The van der Waals surface area contributed by atoms with Crippen LogP contribution in [-0.2, 0) is 21.4 Å². The van der Waals surface area contributed by atoms with Gasteiger partial charge in [0.1, 0.15) is 5.60 Å². The quantitative estimate of drug-likeness (QED) is 0.693. The first-order valence-corrected chi connectivity index (χ1v) is 12.0. The maximum absolute atomic E-state index is 12.6. The van der Waals surface area contributed by atoms with Crippen molar-refractivity contribution in [3.8, 4) is 0 Å². The second-order valence-corrected chi connectivity index (χ2v) is 10.5. The van der Waals surface area contributed by atoms with Crippen LogP contribution in [0.4, 0.5) is 10.5 Å². The highest BCUT2D eigenvalue weighted by Crippen LogP contribution is 2.33. The Hall–Kier alpha value is -3.10. The van der Waals surface area contributed by atoms with Crippen LogP contribution in [0.15, 0.2) is 18.2 Å². The number of fused-ring (bicyclic) bond motifs is 1. The predicted octanol–water partition coefficient (Wildman–Crippen LogP) is 3.32. The van der Waals surface area contributed by atoms with Crippen LogP contribution in [0.2, 0.25) is 0 Å². The van der Waals surface area contributed by atoms with Crippen LogP contribution >= 0.6 is 0 Å². The molecule has 3 atom stereocenters. The summed E-state index contributed by atoms with van der Waals surface area (Å²) >= 11 is 0. The van der Waals surface area contributed by atoms with Crippen LogP contribution in [0, 0.1) is 0 Å². The molecule has 1 N–H and O–H groups in total. The Labute approximate surface area is 200 Å². The van der Waals surface area contributed by atoms with Crippen LogP contribution in [0.25, 0.3) is 10.9 Å². The van der Waals surface area contributed by atoms with Gasteiger partial charge in [-0.1, -0.05) is 0 Å². The second kappa shape index (κ2) is 8.92. The Bertz CT molecular complexity index is 1120. The Morgan fingerprint density at radius 2 is 1.97 bits per heavy atom. The normalized spacial score (nSPS) is 23.7. The molecule has 184 valence electrons. The number of piperidine rings is 2. The molecular weight excluding hydrogens is 434 g/mol. The summed E-state index contributed by atoms with van der Waals surface area (Å²) in [5, 5.41) is 8.00. The summed E-state index contributed by atoms with van der Waals surface area (Å²) in [4.78, 5) is 40.6. The van der Waals surface area contributed by atoms with Crippen molar-refractivity contribution in [3.63, 3.8) is 0 Å². The van der Waals surface area contributed by atoms with E-state index in [4.69, 9.17) is 4.74 Å². The molecule has 3 amide bonds. The van der Waals surface area contributed by atoms with E-state index in [0.717, 1.165) is 35.1 Å². The molecule has 1 aromatic carbocycles. The van der Waals surface area contributed by atoms with E-state index in [9.17, 15) is 14.4 Å². The molecule has 0 spiro atoms. The number of amides is 3. The fourth-order valence-corrected chi connectivity index (χ4v) is 5.01. The predicted molar refractivity (Wildman–Crippen MR) is 130 cm³/mol. The second-order valence-electron chi connectivity index (χ2n) is 10.5. The SMILES string of the molecule is C[C@H]1C[C@H](N(C)c2ccc3c(C4CCC(=O)NC4=O)nn(C)c3c2)CCN1C(=O)OC(C)(C)C. The molecule has 34 heavy (non-hydrogen) atoms. The number of anilines is 1. The van der Waals surface area contributed by atoms with Gasteiger partial charge in [0.2, 0.25) is 11.8 Å². The lowest BCUT2D eigenvalue weighted by molar-refractivity contribution is -0.134. The van der Waals surface area contributed by atoms with Crippen LogP contribution in [0.5, 0.6) is 0 Å². The van der Waals surface area contributed by atoms with Gasteiger partial charge in [-0.05, 0) is 65.2 Å². The van der Waals surface area contributed by atoms with Crippen molar-refractivity contribution in [2.24, 2.45) is 7.05 Å². The zero-order valence-electron chi connectivity index (χ0n) is 20.9. The lowest BCUT2D eigenvalue weighted by Crippen LogP contribution is -2.51. The summed E-state index contributed by atoms with van der Waals surface area (Å²) in [6.07, 6.45) is 2.26. The van der Waals surface area contributed by atoms with Gasteiger partial charge in [0, 0.05) is 50.2 Å². The molecule has 0 radical (unpaired) electrons. The maximum Gasteiger partial charge on any atom is 0.410 e. The molecule has 1 aromatic heterocycles. The van der Waals surface area contributed by atoms with E-state index in [1.165, 1.54) is 0 Å². The average Bonchev–Trinajstić information content (AvgIpc) is 3.07. The molecule has 2 aliphatic heterocycles. The molecule has 0 saturated carbocycles. The monoisotopic (exact) mass is 469 g/mol. The van der Waals surface area contributed by atoms with Crippen molar-refractivity contribution >= 4 is 34.5 Å². The number of carbonyl (C=O) groups is 3. The summed E-state index contributed by atoms with van der Waals surface area (Å²) in [7, 11) is 3.96. The number of aromatic nitrogens is 2. The molecule has 0 aliphatic carbocycles. The Morgan fingerprint density at radius 1 is 1.24 bits per heavy atom. The summed E-state index contributed by atoms with van der Waals surface area (Å²) in [6.45, 7) is 8.38. The van der Waals surface area contributed by atoms with E-state index < -0.39 is 11.5 Å². The minimum Gasteiger partial charge on any atom is -0.444 e. The first kappa shape index (κ1) is 24.0. The summed E-state index contributed by atoms with van der Waals surface area (Å²) < 4.78 is 7.38. The molecule has 0 bridgehead atoms. The zero-order valence-corrected chi connectivity index (χ0v) is 20.9. The van der Waals surface area contributed by atoms with Crippen molar-refractivity contribution in [1.82, 2.24) is 20.0 Å². The molecule has 2 saturated heterocycles. The molecular formula is C25H35N5O4. The molecule has 3 heterocycles. The molecule has 2 aliphatic rings. The highest BCUT2D eigenvalue weighted by atomic mass is 16.6. The van der Waals surface area contributed by atoms with Crippen molar-refractivity contribution < 1.29 is 19.1 Å². The molecule has 9 nitrogen and oxygen atoms in total. The first-order chi connectivity index (χ1) is 15.9. The number of nitrogens with one attached hydrogen (secondary N) is 1. The standard InChI is InChI=1S/C25H35N5O4/c1-15-13-17(11-12-30(15)24(33)34-25(2,3)4)28(5)16-7-8-18-20(14-16)29(6)27-22(18)19-9-10-21(31)26-23(19)32/h7-8,14-15,17,19H,9-13H2,1-6H3,(H,26,31,32)/t15-,17+,19?/m0/s1. The van der Waals surface area contributed by atoms with Gasteiger partial charge in [0.15, 0.2) is 0 Å². The van der Waals surface area contributed by atoms with Gasteiger partial charge in [-0.15, -0.1) is 0 Å². The number of imide groups is 1. The minimum atomic E-state index is -0.504. The van der Waals surface area contributed by atoms with Gasteiger partial charge in [0.05, 0.1) is 17.1 Å². The van der Waals surface area contributed by atoms with Crippen molar-refractivity contribution in [3.05, 3.63) is 23.9 Å². The van der Waals surface area contributed by atoms with E-state index in [2.05, 4.69) is 41.4 Å². The van der Waals surface area contributed by atoms with Crippen molar-refractivity contribution in [2.75, 3.05) is 18.5 Å². The van der Waals surface area contributed by atoms with Gasteiger partial charge < -0.3 is 14.5 Å². The number of likely N-dealkylation sites (tertiary alicyclic amines) is 1. The van der Waals surface area contributed by atoms with Crippen molar-refractivity contribution in [1.29, 1.82) is 0 Å². The number of ether oxygens (including phenoxy) is 1. The minimum absolute atomic E-state index is 0.0793. The van der Waals surface area contributed by atoms with Crippen LogP contribution in [-0.4, -0.2) is 63.9 Å². The van der Waals surface area contributed by atoms with E-state index in [1.54, 1.807) is 4.68 Å². The fourth-order valence-electron chi connectivity index (χ4n) is 5.01. The lowest BCUT2D eigenvalue weighted by atomic mass is 9.92. The van der Waals surface area contributed by atoms with Crippen molar-refractivity contribution in [2.45, 2.75) is 77.0 Å². The molecule has 2 fully saturated rings. The first-order valence-electron chi connectivity index (χ1n) is 12.0. The average molecular weight is 470 g/mol. The lowest BCUT2D eigenvalue weighted by Gasteiger charge is -2.42. The third kappa shape index (κ3) is 4.74. The van der Waals surface area contributed by atoms with Gasteiger partial charge in [-0.25, -0.2) is 4.79 Å². The van der Waals surface area contributed by atoms with Gasteiger partial charge in [-0.2, -0.15) is 5.10 Å². The highest BCUT2D eigenvalue weighted by molar-refractivity contribution is 6.02. The van der Waals surface area contributed by atoms with Gasteiger partial charge in [-0.3, -0.25) is 19.6 Å². The summed E-state index contributed by atoms with van der Waals surface area (Å²) in [5.41, 5.74) is 2.22. The number of hydrogen-bond donors (Lipinski definition) is 1. The molecule has 9 heteroatoms. The van der Waals surface area contributed by atoms with Crippen LogP contribution < -0.4 is 10.2 Å². The molecule has 4 rings (SSSR count). The smallest absolute Gasteiger partial charge is 0.410 e. The Morgan fingerprint density at radius 3 is 2.62 bits per heavy atom. The van der Waals surface area contributed by atoms with E-state index in [1.807, 2.05) is 38.8 Å². The van der Waals surface area contributed by atoms with E-state index in [0.29, 0.717) is 19.4 Å². The summed E-state index contributed by atoms with van der Waals surface area (Å²) in [6, 6.07) is 6.55. The number of rotatable bonds is 3. The van der Waals surface area contributed by atoms with E-state index >= 15 is 0 Å². The third-order valence-electron chi connectivity index (χ3n) is 6.86. The van der Waals surface area contributed by atoms with Gasteiger partial charge in [0.25, 0.3) is 0 Å². The number of benzene rings is 1. The van der Waals surface area contributed by atoms with Crippen LogP contribution in [0.3, 0.4) is 0 Å². The maximum atomic E-state index is 12.6. The topological polar surface area (TPSA) is 96.8 Å².